The molecule has 0 radical (unpaired) electrons. The van der Waals surface area contributed by atoms with E-state index in [0.717, 1.165) is 24.8 Å². The maximum Gasteiger partial charge on any atom is 0.276 e. The number of anilines is 1. The van der Waals surface area contributed by atoms with E-state index >= 15 is 0 Å². The molecule has 24 heavy (non-hydrogen) atoms. The van der Waals surface area contributed by atoms with Crippen molar-refractivity contribution in [3.8, 4) is 6.07 Å². The first-order chi connectivity index (χ1) is 11.4. The fraction of sp³-hybridized carbons (Fsp3) is 0.444. The average molecular weight is 340 g/mol. The molecule has 1 aliphatic rings. The number of hydrogen-bond acceptors (Lipinski definition) is 5. The second-order valence-electron chi connectivity index (χ2n) is 7.17. The molecule has 2 heterocycles. The molecular weight excluding hydrogens is 320 g/mol. The Morgan fingerprint density at radius 1 is 1.42 bits per heavy atom. The summed E-state index contributed by atoms with van der Waals surface area (Å²) < 4.78 is 0. The molecule has 124 valence electrons. The van der Waals surface area contributed by atoms with E-state index in [1.807, 2.05) is 0 Å². The Kier molecular flexibility index (Phi) is 4.37. The largest absolute Gasteiger partial charge is 0.311 e. The highest BCUT2D eigenvalue weighted by atomic mass is 32.1. The van der Waals surface area contributed by atoms with Crippen LogP contribution in [0.15, 0.2) is 18.6 Å². The number of fused-ring (bicyclic) bond motifs is 1. The molecule has 0 bridgehead atoms. The minimum atomic E-state index is -0.328. The van der Waals surface area contributed by atoms with Gasteiger partial charge in [-0.15, -0.1) is 11.3 Å². The van der Waals surface area contributed by atoms with E-state index in [0.29, 0.717) is 16.5 Å². The normalized spacial score (nSPS) is 17.0. The van der Waals surface area contributed by atoms with Crippen LogP contribution in [0.1, 0.15) is 53.7 Å². The first-order valence-electron chi connectivity index (χ1n) is 8.02. The molecule has 0 saturated carbocycles. The molecule has 1 amide bonds. The van der Waals surface area contributed by atoms with Crippen LogP contribution in [0.3, 0.4) is 0 Å². The smallest absolute Gasteiger partial charge is 0.276 e. The number of thiophene rings is 1. The maximum absolute atomic E-state index is 12.3. The van der Waals surface area contributed by atoms with E-state index in [4.69, 9.17) is 0 Å². The minimum absolute atomic E-state index is 0.248. The summed E-state index contributed by atoms with van der Waals surface area (Å²) in [6.07, 6.45) is 7.38. The Bertz CT molecular complexity index is 799. The van der Waals surface area contributed by atoms with Gasteiger partial charge in [-0.05, 0) is 36.2 Å². The molecule has 1 atom stereocenters. The van der Waals surface area contributed by atoms with Crippen molar-refractivity contribution in [2.45, 2.75) is 40.0 Å². The number of aromatic nitrogens is 2. The topological polar surface area (TPSA) is 78.7 Å². The van der Waals surface area contributed by atoms with Gasteiger partial charge in [0, 0.05) is 17.3 Å². The van der Waals surface area contributed by atoms with Crippen LogP contribution in [-0.4, -0.2) is 15.9 Å². The SMILES string of the molecule is CC(C)(C)C1CCc2c(sc(NC(=O)c3cnccn3)c2C#N)C1. The van der Waals surface area contributed by atoms with E-state index in [9.17, 15) is 10.1 Å². The van der Waals surface area contributed by atoms with Crippen molar-refractivity contribution < 1.29 is 4.79 Å². The fourth-order valence-electron chi connectivity index (χ4n) is 3.11. The highest BCUT2D eigenvalue weighted by molar-refractivity contribution is 7.16. The van der Waals surface area contributed by atoms with Crippen LogP contribution < -0.4 is 5.32 Å². The molecule has 0 spiro atoms. The average Bonchev–Trinajstić information content (AvgIpc) is 2.90. The number of carbonyl (C=O) groups excluding carboxylic acids is 1. The lowest BCUT2D eigenvalue weighted by Gasteiger charge is -2.33. The lowest BCUT2D eigenvalue weighted by Crippen LogP contribution is -2.26. The summed E-state index contributed by atoms with van der Waals surface area (Å²) in [7, 11) is 0. The van der Waals surface area contributed by atoms with E-state index in [-0.39, 0.29) is 17.0 Å². The van der Waals surface area contributed by atoms with Gasteiger partial charge in [-0.2, -0.15) is 5.26 Å². The minimum Gasteiger partial charge on any atom is -0.311 e. The van der Waals surface area contributed by atoms with Crippen LogP contribution in [-0.2, 0) is 12.8 Å². The van der Waals surface area contributed by atoms with Crippen molar-refractivity contribution in [3.63, 3.8) is 0 Å². The number of rotatable bonds is 2. The van der Waals surface area contributed by atoms with Gasteiger partial charge in [0.15, 0.2) is 0 Å². The fourth-order valence-corrected chi connectivity index (χ4v) is 4.39. The number of carbonyl (C=O) groups is 1. The summed E-state index contributed by atoms with van der Waals surface area (Å²) in [5.74, 6) is 0.268. The monoisotopic (exact) mass is 340 g/mol. The number of nitrogens with zero attached hydrogens (tertiary/aromatic N) is 3. The summed E-state index contributed by atoms with van der Waals surface area (Å²) >= 11 is 1.53. The van der Waals surface area contributed by atoms with Crippen molar-refractivity contribution in [2.75, 3.05) is 5.32 Å². The zero-order valence-corrected chi connectivity index (χ0v) is 14.9. The second-order valence-corrected chi connectivity index (χ2v) is 8.28. The van der Waals surface area contributed by atoms with Gasteiger partial charge in [0.05, 0.1) is 11.8 Å². The summed E-state index contributed by atoms with van der Waals surface area (Å²) in [5.41, 5.74) is 2.22. The molecule has 0 aliphatic heterocycles. The molecule has 0 fully saturated rings. The van der Waals surface area contributed by atoms with Crippen LogP contribution in [0, 0.1) is 22.7 Å². The summed E-state index contributed by atoms with van der Waals surface area (Å²) in [6, 6.07) is 2.27. The van der Waals surface area contributed by atoms with E-state index in [1.165, 1.54) is 34.8 Å². The van der Waals surface area contributed by atoms with Gasteiger partial charge >= 0.3 is 0 Å². The van der Waals surface area contributed by atoms with Crippen molar-refractivity contribution >= 4 is 22.2 Å². The first-order valence-corrected chi connectivity index (χ1v) is 8.83. The van der Waals surface area contributed by atoms with Gasteiger partial charge < -0.3 is 5.32 Å². The van der Waals surface area contributed by atoms with Crippen LogP contribution in [0.4, 0.5) is 5.00 Å². The zero-order chi connectivity index (χ0) is 17.3. The molecule has 0 aromatic carbocycles. The number of nitriles is 1. The Balaban J connectivity index is 1.87. The predicted molar refractivity (Wildman–Crippen MR) is 94.0 cm³/mol. The molecule has 1 aliphatic carbocycles. The molecule has 2 aromatic heterocycles. The third kappa shape index (κ3) is 3.17. The lowest BCUT2D eigenvalue weighted by atomic mass is 9.72. The standard InChI is InChI=1S/C18H20N4OS/c1-18(2,3)11-4-5-12-13(9-19)17(24-15(12)8-11)22-16(23)14-10-20-6-7-21-14/h6-7,10-11H,4-5,8H2,1-3H3,(H,22,23). The lowest BCUT2D eigenvalue weighted by molar-refractivity contribution is 0.102. The molecule has 0 saturated heterocycles. The number of hydrogen-bond donors (Lipinski definition) is 1. The Hall–Kier alpha value is -2.26. The first kappa shape index (κ1) is 16.6. The third-order valence-electron chi connectivity index (χ3n) is 4.62. The molecule has 6 heteroatoms. The molecule has 1 unspecified atom stereocenters. The summed E-state index contributed by atoms with van der Waals surface area (Å²) in [6.45, 7) is 6.79. The van der Waals surface area contributed by atoms with Crippen LogP contribution in [0.5, 0.6) is 0 Å². The Morgan fingerprint density at radius 2 is 2.21 bits per heavy atom. The van der Waals surface area contributed by atoms with Gasteiger partial charge in [0.1, 0.15) is 16.8 Å². The van der Waals surface area contributed by atoms with Gasteiger partial charge in [0.25, 0.3) is 5.91 Å². The molecule has 3 rings (SSSR count). The molecule has 2 aromatic rings. The number of amides is 1. The van der Waals surface area contributed by atoms with E-state index < -0.39 is 0 Å². The molecule has 1 N–H and O–H groups in total. The quantitative estimate of drug-likeness (QED) is 0.901. The van der Waals surface area contributed by atoms with Gasteiger partial charge in [0.2, 0.25) is 0 Å². The highest BCUT2D eigenvalue weighted by Crippen LogP contribution is 2.44. The molecule has 5 nitrogen and oxygen atoms in total. The summed E-state index contributed by atoms with van der Waals surface area (Å²) in [5, 5.41) is 13.0. The summed E-state index contributed by atoms with van der Waals surface area (Å²) in [4.78, 5) is 21.4. The van der Waals surface area contributed by atoms with Crippen LogP contribution >= 0.6 is 11.3 Å². The Morgan fingerprint density at radius 3 is 2.83 bits per heavy atom. The van der Waals surface area contributed by atoms with Crippen molar-refractivity contribution in [1.29, 1.82) is 5.26 Å². The van der Waals surface area contributed by atoms with Crippen molar-refractivity contribution in [3.05, 3.63) is 40.3 Å². The number of nitrogens with one attached hydrogen (secondary N) is 1. The van der Waals surface area contributed by atoms with Crippen LogP contribution in [0.25, 0.3) is 0 Å². The van der Waals surface area contributed by atoms with Gasteiger partial charge in [-0.3, -0.25) is 9.78 Å². The third-order valence-corrected chi connectivity index (χ3v) is 5.79. The van der Waals surface area contributed by atoms with Gasteiger partial charge in [-0.1, -0.05) is 20.8 Å². The highest BCUT2D eigenvalue weighted by Gasteiger charge is 2.32. The van der Waals surface area contributed by atoms with E-state index in [2.05, 4.69) is 42.1 Å². The van der Waals surface area contributed by atoms with Gasteiger partial charge in [-0.25, -0.2) is 4.98 Å². The zero-order valence-electron chi connectivity index (χ0n) is 14.1. The van der Waals surface area contributed by atoms with Crippen LogP contribution in [0.2, 0.25) is 0 Å². The van der Waals surface area contributed by atoms with Crippen molar-refractivity contribution in [2.24, 2.45) is 11.3 Å². The predicted octanol–water partition coefficient (Wildman–Crippen LogP) is 3.81. The molecular formula is C18H20N4OS. The Labute approximate surface area is 145 Å². The van der Waals surface area contributed by atoms with Crippen molar-refractivity contribution in [1.82, 2.24) is 9.97 Å². The van der Waals surface area contributed by atoms with E-state index in [1.54, 1.807) is 0 Å². The second kappa shape index (κ2) is 6.33. The maximum atomic E-state index is 12.3.